The Labute approximate surface area is 631 Å². The van der Waals surface area contributed by atoms with Gasteiger partial charge in [-0.25, -0.2) is 9.59 Å². The highest BCUT2D eigenvalue weighted by molar-refractivity contribution is 6.39. The number of rotatable bonds is 18. The molecule has 0 aromatic rings. The summed E-state index contributed by atoms with van der Waals surface area (Å²) < 4.78 is 54.1. The number of aliphatic hydroxyl groups is 3. The van der Waals surface area contributed by atoms with Gasteiger partial charge in [0.05, 0.1) is 29.8 Å². The van der Waals surface area contributed by atoms with Crippen LogP contribution in [0.2, 0.25) is 0 Å². The van der Waals surface area contributed by atoms with Crippen molar-refractivity contribution in [2.24, 2.45) is 52.3 Å². The zero-order valence-corrected chi connectivity index (χ0v) is 65.8. The molecule has 4 aliphatic carbocycles. The number of hydrogen-bond acceptors (Lipinski definition) is 23. The van der Waals surface area contributed by atoms with Crippen LogP contribution in [0.5, 0.6) is 0 Å². The fraction of sp³-hybridized carbons (Fsp3) is 0.711. The average molecular weight is 1500 g/mol. The number of Topliss-reactive ketones (excluding diaryl/α,β-unsaturated/α-hetero) is 4. The number of piperidine rings is 1. The van der Waals surface area contributed by atoms with Crippen LogP contribution in [0.15, 0.2) is 81.9 Å². The van der Waals surface area contributed by atoms with E-state index in [0.717, 1.165) is 5.57 Å². The smallest absolute Gasteiger partial charge is 0.340 e. The van der Waals surface area contributed by atoms with E-state index >= 15 is 0 Å². The largest absolute Gasteiger partial charge is 0.504 e. The van der Waals surface area contributed by atoms with E-state index in [9.17, 15) is 63.3 Å². The van der Waals surface area contributed by atoms with Crippen LogP contribution in [-0.2, 0) is 90.6 Å². The molecular formula is C83H120N2O22. The van der Waals surface area contributed by atoms with Gasteiger partial charge in [0.1, 0.15) is 54.6 Å². The van der Waals surface area contributed by atoms with Gasteiger partial charge in [-0.15, -0.1) is 0 Å². The molecule has 3 N–H and O–H groups in total. The highest BCUT2D eigenvalue weighted by Gasteiger charge is 2.65. The summed E-state index contributed by atoms with van der Waals surface area (Å²) >= 11 is 0. The zero-order chi connectivity index (χ0) is 78.6. The van der Waals surface area contributed by atoms with Gasteiger partial charge in [-0.05, 0) is 178 Å². The van der Waals surface area contributed by atoms with E-state index in [4.69, 9.17) is 42.6 Å². The second-order valence-electron chi connectivity index (χ2n) is 32.0. The minimum atomic E-state index is -2.49. The summed E-state index contributed by atoms with van der Waals surface area (Å²) in [6.45, 7) is 22.3. The SMILES string of the molecule is CCN(/C=C1/C(=O)O[C@H](COC)[C@@]2(C)C1=C(O)C(=O)C1=C2[C@H](OC(C)=O)C[C@@]2(C)C1CC[C@@H]2OC(=O)CCCCC(=O)O[C@H]1CC[C@H](C[C@@H](C)[C@@H]2CC(=O)[C@H](C)/C=C(\C)[C@@H](O)[C@@H](OC)C(=O)[C@H](C)C[C@H](C)/C=C/C=C/C=C(\C)[C@@H](OC)C[C@@H]3CC[C@@H](C)[C@@](O)(O3)C(=O)C(=O)N3CCCC[C@H]3C(=O)O2)CC1)CC. The number of amides is 1. The van der Waals surface area contributed by atoms with Crippen molar-refractivity contribution < 1.29 is 106 Å². The number of allylic oxidation sites excluding steroid dienone is 7. The number of aliphatic hydroxyl groups excluding tert-OH is 2. The van der Waals surface area contributed by atoms with Crippen LogP contribution in [-0.4, -0.2) is 198 Å². The molecule has 0 radical (unpaired) electrons. The number of methoxy groups -OCH3 is 3. The predicted molar refractivity (Wildman–Crippen MR) is 395 cm³/mol. The molecule has 2 saturated carbocycles. The number of esters is 5. The minimum absolute atomic E-state index is 0.0112. The number of unbranched alkanes of at least 4 members (excludes halogenated alkanes) is 1. The van der Waals surface area contributed by atoms with Crippen LogP contribution >= 0.6 is 0 Å². The quantitative estimate of drug-likeness (QED) is 0.0287. The third kappa shape index (κ3) is 19.6. The van der Waals surface area contributed by atoms with E-state index < -0.39 is 154 Å². The first-order valence-corrected chi connectivity index (χ1v) is 39.1. The van der Waals surface area contributed by atoms with Gasteiger partial charge in [-0.2, -0.15) is 0 Å². The van der Waals surface area contributed by atoms with Gasteiger partial charge in [0, 0.05) is 114 Å². The molecule has 107 heavy (non-hydrogen) atoms. The monoisotopic (exact) mass is 1500 g/mol. The second kappa shape index (κ2) is 37.6. The number of ketones is 4. The third-order valence-corrected chi connectivity index (χ3v) is 24.4. The van der Waals surface area contributed by atoms with Crippen LogP contribution in [0.3, 0.4) is 0 Å². The summed E-state index contributed by atoms with van der Waals surface area (Å²) in [6.07, 6.45) is 11.9. The summed E-state index contributed by atoms with van der Waals surface area (Å²) in [6, 6.07) is -1.22. The molecule has 1 unspecified atom stereocenters. The molecule has 594 valence electrons. The first-order valence-electron chi connectivity index (χ1n) is 39.1. The van der Waals surface area contributed by atoms with Gasteiger partial charge in [0.2, 0.25) is 11.6 Å². The number of ether oxygens (including phenoxy) is 9. The fourth-order valence-corrected chi connectivity index (χ4v) is 18.0. The van der Waals surface area contributed by atoms with Gasteiger partial charge < -0.3 is 67.8 Å². The molecule has 1 amide bonds. The molecule has 18 atom stereocenters. The van der Waals surface area contributed by atoms with E-state index in [1.807, 2.05) is 76.8 Å². The predicted octanol–water partition coefficient (Wildman–Crippen LogP) is 10.8. The van der Waals surface area contributed by atoms with Gasteiger partial charge in [0.15, 0.2) is 11.5 Å². The van der Waals surface area contributed by atoms with Crippen LogP contribution in [0, 0.1) is 52.3 Å². The zero-order valence-electron chi connectivity index (χ0n) is 65.8. The molecule has 24 heteroatoms. The van der Waals surface area contributed by atoms with Crippen molar-refractivity contribution in [1.82, 2.24) is 9.80 Å². The molecule has 0 aromatic heterocycles. The van der Waals surface area contributed by atoms with Crippen LogP contribution in [0.1, 0.15) is 212 Å². The Morgan fingerprint density at radius 3 is 2.12 bits per heavy atom. The van der Waals surface area contributed by atoms with Crippen molar-refractivity contribution in [2.45, 2.75) is 278 Å². The molecule has 4 aliphatic heterocycles. The van der Waals surface area contributed by atoms with Crippen molar-refractivity contribution in [3.63, 3.8) is 0 Å². The number of fused-ring (bicyclic) bond motifs is 7. The number of carbonyl (C=O) groups excluding carboxylic acids is 10. The van der Waals surface area contributed by atoms with Crippen LogP contribution in [0.4, 0.5) is 0 Å². The number of nitrogens with zero attached hydrogens (tertiary/aromatic N) is 2. The van der Waals surface area contributed by atoms with Crippen molar-refractivity contribution in [3.05, 3.63) is 81.9 Å². The first kappa shape index (κ1) is 85.6. The molecule has 0 aromatic carbocycles. The molecule has 2 bridgehead atoms. The number of hydrogen-bond donors (Lipinski definition) is 3. The Morgan fingerprint density at radius 2 is 1.48 bits per heavy atom. The standard InChI is InChI=1S/C83H120N2O22/c1-16-84(17-2)45-58-70-75(93)74(92)69-59-36-37-65(81(59,11)44-64(102-54(10)86)71(69)82(70,12)66(46-99-13)106-79(58)96)105-68(89)29-22-21-28-67(88)103-56-34-31-55(32-35-56)41-50(6)63-43-61(87)49(5)40-52(8)73(91)76(101-15)72(90)51(7)39-47(3)25-19-18-20-26-48(4)62(100-14)42-57-33-30-53(9)83(98,107-57)77(94)78(95)85-38-24-23-27-60(85)80(97)104-63/h18-20,25-26,40,45,47,49-51,53,55-57,59-60,62-66,73,76,91,93,98H,16-17,21-24,27-39,41-44,46H2,1-15H3/b20-18+,25-19+,48-26+,52-40+,58-45+/t47-,49-,50-,51-,53-,55-,56-,57+,59?,60+,62+,63+,64-,65+,66-,73-,76+,81+,82+,83-/m1/s1. The fourth-order valence-electron chi connectivity index (χ4n) is 18.0. The van der Waals surface area contributed by atoms with Crippen molar-refractivity contribution in [2.75, 3.05) is 47.6 Å². The second-order valence-corrected chi connectivity index (χ2v) is 32.0. The maximum Gasteiger partial charge on any atom is 0.340 e. The van der Waals surface area contributed by atoms with E-state index in [-0.39, 0.29) is 97.9 Å². The van der Waals surface area contributed by atoms with Gasteiger partial charge in [-0.3, -0.25) is 38.4 Å². The lowest BCUT2D eigenvalue weighted by Crippen LogP contribution is -2.61. The van der Waals surface area contributed by atoms with E-state index in [2.05, 4.69) is 0 Å². The molecular weight excluding hydrogens is 1380 g/mol. The lowest BCUT2D eigenvalue weighted by Gasteiger charge is -2.54. The number of carbonyl (C=O) groups is 10. The summed E-state index contributed by atoms with van der Waals surface area (Å²) in [5.41, 5.74) is -0.302. The molecule has 8 aliphatic rings. The molecule has 3 saturated heterocycles. The molecule has 5 fully saturated rings. The van der Waals surface area contributed by atoms with Crippen molar-refractivity contribution >= 4 is 58.9 Å². The lowest BCUT2D eigenvalue weighted by molar-refractivity contribution is -0.265. The van der Waals surface area contributed by atoms with Crippen LogP contribution < -0.4 is 0 Å². The summed E-state index contributed by atoms with van der Waals surface area (Å²) in [7, 11) is 4.38. The normalized spacial score (nSPS) is 37.0. The first-order chi connectivity index (χ1) is 50.7. The Bertz CT molecular complexity index is 3500. The van der Waals surface area contributed by atoms with E-state index in [1.54, 1.807) is 54.0 Å². The van der Waals surface area contributed by atoms with E-state index in [1.165, 1.54) is 26.0 Å². The Balaban J connectivity index is 0.903. The molecule has 0 spiro atoms. The maximum atomic E-state index is 14.8. The Kier molecular flexibility index (Phi) is 30.1. The lowest BCUT2D eigenvalue weighted by atomic mass is 9.53. The minimum Gasteiger partial charge on any atom is -0.504 e. The van der Waals surface area contributed by atoms with Crippen molar-refractivity contribution in [1.29, 1.82) is 0 Å². The topological polar surface area (TPSA) is 321 Å². The van der Waals surface area contributed by atoms with Gasteiger partial charge >= 0.3 is 29.8 Å². The van der Waals surface area contributed by atoms with Gasteiger partial charge in [-0.1, -0.05) is 78.0 Å². The third-order valence-electron chi connectivity index (χ3n) is 24.4. The highest BCUT2D eigenvalue weighted by atomic mass is 16.6. The van der Waals surface area contributed by atoms with Crippen LogP contribution in [0.25, 0.3) is 0 Å². The van der Waals surface area contributed by atoms with Crippen molar-refractivity contribution in [3.8, 4) is 0 Å². The van der Waals surface area contributed by atoms with E-state index in [0.29, 0.717) is 114 Å². The summed E-state index contributed by atoms with van der Waals surface area (Å²) in [5, 5.41) is 35.8. The molecule has 24 nitrogen and oxygen atoms in total. The van der Waals surface area contributed by atoms with Gasteiger partial charge in [0.25, 0.3) is 11.7 Å². The Morgan fingerprint density at radius 1 is 0.794 bits per heavy atom. The Hall–Kier alpha value is -6.96. The average Bonchev–Trinajstić information content (AvgIpc) is 1.66. The maximum absolute atomic E-state index is 14.8. The number of cyclic esters (lactones) is 2. The summed E-state index contributed by atoms with van der Waals surface area (Å²) in [5.74, 6) is -12.7. The highest BCUT2D eigenvalue weighted by Crippen LogP contribution is 2.64. The summed E-state index contributed by atoms with van der Waals surface area (Å²) in [4.78, 5) is 144. The molecule has 8 rings (SSSR count). The molecule has 4 heterocycles.